The maximum Gasteiger partial charge on any atom is 0.340 e. The Hall–Kier alpha value is -4.46. The molecule has 0 radical (unpaired) electrons. The number of aliphatic imine (C=N–C) groups is 1. The summed E-state index contributed by atoms with van der Waals surface area (Å²) in [5.41, 5.74) is -0.253. The minimum Gasteiger partial charge on any atom is -0.494 e. The van der Waals surface area contributed by atoms with E-state index in [0.29, 0.717) is 25.9 Å². The Kier molecular flexibility index (Phi) is 8.22. The van der Waals surface area contributed by atoms with Crippen molar-refractivity contribution in [1.82, 2.24) is 9.47 Å². The number of methoxy groups -OCH3 is 2. The third-order valence-electron chi connectivity index (χ3n) is 5.98. The summed E-state index contributed by atoms with van der Waals surface area (Å²) in [4.78, 5) is 54.8. The van der Waals surface area contributed by atoms with Crippen LogP contribution in [0.4, 0.5) is 5.69 Å². The predicted molar refractivity (Wildman–Crippen MR) is 129 cm³/mol. The summed E-state index contributed by atoms with van der Waals surface area (Å²) >= 11 is 0. The first-order chi connectivity index (χ1) is 17.2. The molecule has 0 saturated carbocycles. The molecule has 36 heavy (non-hydrogen) atoms. The number of amides is 1. The van der Waals surface area contributed by atoms with E-state index in [1.54, 1.807) is 4.90 Å². The summed E-state index contributed by atoms with van der Waals surface area (Å²) in [7, 11) is 2.41. The van der Waals surface area contributed by atoms with Crippen LogP contribution in [0.15, 0.2) is 28.0 Å². The Balaban J connectivity index is 2.02. The summed E-state index contributed by atoms with van der Waals surface area (Å²) in [6.07, 6.45) is 2.91. The Morgan fingerprint density at radius 1 is 1.19 bits per heavy atom. The molecule has 188 valence electrons. The van der Waals surface area contributed by atoms with Crippen molar-refractivity contribution < 1.29 is 29.0 Å². The first-order valence-electron chi connectivity index (χ1n) is 11.2. The number of carbonyl (C=O) groups is 3. The second-order valence-electron chi connectivity index (χ2n) is 8.12. The molecule has 2 aromatic rings. The number of ether oxygens (including phenoxy) is 2. The van der Waals surface area contributed by atoms with Gasteiger partial charge in [-0.1, -0.05) is 0 Å². The number of esters is 2. The highest BCUT2D eigenvalue weighted by molar-refractivity contribution is 5.99. The predicted octanol–water partition coefficient (Wildman–Crippen LogP) is 2.07. The lowest BCUT2D eigenvalue weighted by atomic mass is 10.1. The van der Waals surface area contributed by atoms with Crippen LogP contribution in [0.25, 0.3) is 0 Å². The minimum atomic E-state index is -0.696. The first kappa shape index (κ1) is 26.2. The zero-order valence-corrected chi connectivity index (χ0v) is 20.2. The van der Waals surface area contributed by atoms with Crippen LogP contribution in [-0.2, 0) is 20.8 Å². The molecule has 1 aromatic heterocycles. The zero-order valence-electron chi connectivity index (χ0n) is 20.2. The van der Waals surface area contributed by atoms with Gasteiger partial charge in [-0.2, -0.15) is 5.26 Å². The molecular weight excluding hydrogens is 468 g/mol. The number of benzene rings is 1. The van der Waals surface area contributed by atoms with Crippen molar-refractivity contribution in [3.8, 4) is 11.9 Å². The molecule has 0 atom stereocenters. The fourth-order valence-corrected chi connectivity index (χ4v) is 3.99. The van der Waals surface area contributed by atoms with Crippen molar-refractivity contribution in [2.75, 3.05) is 27.3 Å². The van der Waals surface area contributed by atoms with Gasteiger partial charge in [0.2, 0.25) is 11.8 Å². The lowest BCUT2D eigenvalue weighted by Crippen LogP contribution is -2.29. The number of carbonyl (C=O) groups excluding carboxylic acids is 3. The average molecular weight is 495 g/mol. The summed E-state index contributed by atoms with van der Waals surface area (Å²) < 4.78 is 10.6. The molecule has 1 aromatic carbocycles. The quantitative estimate of drug-likeness (QED) is 0.433. The van der Waals surface area contributed by atoms with Gasteiger partial charge in [0.25, 0.3) is 5.56 Å². The number of likely N-dealkylation sites (tertiary alicyclic amines) is 1. The molecule has 2 heterocycles. The van der Waals surface area contributed by atoms with Crippen molar-refractivity contribution >= 4 is 29.7 Å². The van der Waals surface area contributed by atoms with Gasteiger partial charge in [0.15, 0.2) is 0 Å². The number of aromatic nitrogens is 1. The van der Waals surface area contributed by atoms with Crippen LogP contribution in [0.3, 0.4) is 0 Å². The summed E-state index contributed by atoms with van der Waals surface area (Å²) in [6.45, 7) is 2.66. The normalized spacial score (nSPS) is 13.2. The first-order valence-corrected chi connectivity index (χ1v) is 11.2. The third-order valence-corrected chi connectivity index (χ3v) is 5.98. The van der Waals surface area contributed by atoms with Crippen molar-refractivity contribution in [2.45, 2.75) is 32.7 Å². The van der Waals surface area contributed by atoms with Gasteiger partial charge in [-0.25, -0.2) is 9.59 Å². The van der Waals surface area contributed by atoms with E-state index in [-0.39, 0.29) is 46.0 Å². The molecule has 1 amide bonds. The van der Waals surface area contributed by atoms with Crippen LogP contribution in [0.5, 0.6) is 5.88 Å². The van der Waals surface area contributed by atoms with E-state index in [4.69, 9.17) is 9.47 Å². The van der Waals surface area contributed by atoms with E-state index >= 15 is 0 Å². The van der Waals surface area contributed by atoms with Gasteiger partial charge in [-0.15, -0.1) is 0 Å². The fraction of sp³-hybridized carbons (Fsp3) is 0.360. The molecule has 3 rings (SSSR count). The number of nitrogens with zero attached hydrogens (tertiary/aromatic N) is 4. The van der Waals surface area contributed by atoms with Crippen LogP contribution in [0.1, 0.15) is 56.7 Å². The highest BCUT2D eigenvalue weighted by Gasteiger charge is 2.22. The van der Waals surface area contributed by atoms with Crippen LogP contribution in [0.2, 0.25) is 0 Å². The Morgan fingerprint density at radius 2 is 1.92 bits per heavy atom. The number of pyridine rings is 1. The number of hydrogen-bond donors (Lipinski definition) is 1. The number of aromatic hydroxyl groups is 1. The van der Waals surface area contributed by atoms with Gasteiger partial charge in [0, 0.05) is 32.3 Å². The molecule has 11 nitrogen and oxygen atoms in total. The van der Waals surface area contributed by atoms with Crippen LogP contribution in [0, 0.1) is 18.3 Å². The van der Waals surface area contributed by atoms with Gasteiger partial charge in [-0.05, 0) is 43.5 Å². The minimum absolute atomic E-state index is 0.0524. The molecule has 1 aliphatic rings. The average Bonchev–Trinajstić information content (AvgIpc) is 3.29. The van der Waals surface area contributed by atoms with Gasteiger partial charge < -0.3 is 19.5 Å². The second-order valence-corrected chi connectivity index (χ2v) is 8.12. The zero-order chi connectivity index (χ0) is 26.4. The number of hydrogen-bond acceptors (Lipinski definition) is 9. The SMILES string of the molecule is COC(=O)c1ccc(C(=O)OC)c(N=Cc2c(C)c(C#N)c(=O)n(CCCN3CCCC3=O)c2O)c1. The highest BCUT2D eigenvalue weighted by Crippen LogP contribution is 2.25. The fourth-order valence-electron chi connectivity index (χ4n) is 3.99. The van der Waals surface area contributed by atoms with Gasteiger partial charge in [0.05, 0.1) is 36.6 Å². The Morgan fingerprint density at radius 3 is 2.53 bits per heavy atom. The molecule has 0 bridgehead atoms. The van der Waals surface area contributed by atoms with Crippen LogP contribution in [-0.4, -0.2) is 65.9 Å². The van der Waals surface area contributed by atoms with Crippen molar-refractivity contribution in [3.05, 3.63) is 56.4 Å². The summed E-state index contributed by atoms with van der Waals surface area (Å²) in [5.74, 6) is -1.69. The van der Waals surface area contributed by atoms with E-state index < -0.39 is 23.4 Å². The van der Waals surface area contributed by atoms with Crippen molar-refractivity contribution in [3.63, 3.8) is 0 Å². The third kappa shape index (κ3) is 5.27. The second kappa shape index (κ2) is 11.3. The molecule has 0 unspecified atom stereocenters. The van der Waals surface area contributed by atoms with E-state index in [0.717, 1.165) is 11.0 Å². The van der Waals surface area contributed by atoms with Gasteiger partial charge in [0.1, 0.15) is 11.6 Å². The molecule has 0 spiro atoms. The van der Waals surface area contributed by atoms with Crippen LogP contribution >= 0.6 is 0 Å². The van der Waals surface area contributed by atoms with Gasteiger partial charge >= 0.3 is 11.9 Å². The van der Waals surface area contributed by atoms with E-state index in [9.17, 15) is 29.5 Å². The summed E-state index contributed by atoms with van der Waals surface area (Å²) in [6, 6.07) is 5.95. The molecular formula is C25H26N4O7. The van der Waals surface area contributed by atoms with Gasteiger partial charge in [-0.3, -0.25) is 19.1 Å². The van der Waals surface area contributed by atoms with Crippen molar-refractivity contribution in [2.24, 2.45) is 4.99 Å². The van der Waals surface area contributed by atoms with E-state index in [1.165, 1.54) is 45.6 Å². The smallest absolute Gasteiger partial charge is 0.340 e. The molecule has 0 aliphatic carbocycles. The number of nitriles is 1. The maximum absolute atomic E-state index is 12.8. The molecule has 1 N–H and O–H groups in total. The molecule has 1 fully saturated rings. The molecule has 1 aliphatic heterocycles. The summed E-state index contributed by atoms with van der Waals surface area (Å²) in [5, 5.41) is 20.5. The molecule has 11 heteroatoms. The van der Waals surface area contributed by atoms with E-state index in [1.807, 2.05) is 6.07 Å². The largest absolute Gasteiger partial charge is 0.494 e. The maximum atomic E-state index is 12.8. The van der Waals surface area contributed by atoms with Crippen LogP contribution < -0.4 is 5.56 Å². The van der Waals surface area contributed by atoms with Crippen molar-refractivity contribution in [1.29, 1.82) is 5.26 Å². The lowest BCUT2D eigenvalue weighted by Gasteiger charge is -2.17. The topological polar surface area (TPSA) is 151 Å². The Bertz CT molecular complexity index is 1340. The standard InChI is InChI=1S/C25H26N4O7/c1-15-18(13-26)22(31)29(11-5-10-28-9-4-6-21(28)30)23(32)19(15)14-27-20-12-16(24(33)35-2)7-8-17(20)25(34)36-3/h7-8,12,14,32H,4-6,9-11H2,1-3H3. The lowest BCUT2D eigenvalue weighted by molar-refractivity contribution is -0.127. The monoisotopic (exact) mass is 494 g/mol. The Labute approximate surface area is 207 Å². The molecule has 1 saturated heterocycles. The van der Waals surface area contributed by atoms with E-state index in [2.05, 4.69) is 4.99 Å². The highest BCUT2D eigenvalue weighted by atomic mass is 16.5. The number of rotatable bonds is 8.